The molecule has 0 aromatic heterocycles. The van der Waals surface area contributed by atoms with Gasteiger partial charge in [-0.05, 0) is 91.9 Å². The second-order valence-electron chi connectivity index (χ2n) is 8.37. The van der Waals surface area contributed by atoms with Crippen molar-refractivity contribution in [3.05, 3.63) is 63.6 Å². The maximum atomic E-state index is 12.8. The molecule has 4 rings (SSSR count). The minimum absolute atomic E-state index is 0.303. The van der Waals surface area contributed by atoms with Crippen molar-refractivity contribution in [2.24, 2.45) is 0 Å². The molecule has 166 valence electrons. The summed E-state index contributed by atoms with van der Waals surface area (Å²) in [6.07, 6.45) is 4.17. The number of anilines is 2. The SMILES string of the molecule is Cc1ccc(C)c(NC(=O)CN2C(=O)S/C(=C/c3ccc(N4CCCC4)cc3C)C2=O)c1. The van der Waals surface area contributed by atoms with E-state index in [0.717, 1.165) is 52.0 Å². The highest BCUT2D eigenvalue weighted by Crippen LogP contribution is 2.33. The van der Waals surface area contributed by atoms with E-state index in [4.69, 9.17) is 0 Å². The van der Waals surface area contributed by atoms with Gasteiger partial charge in [-0.1, -0.05) is 18.2 Å². The fourth-order valence-corrected chi connectivity index (χ4v) is 4.80. The molecule has 2 aliphatic heterocycles. The van der Waals surface area contributed by atoms with Gasteiger partial charge in [0.25, 0.3) is 11.1 Å². The Bertz CT molecular complexity index is 1120. The van der Waals surface area contributed by atoms with Gasteiger partial charge in [0, 0.05) is 24.5 Å². The van der Waals surface area contributed by atoms with Gasteiger partial charge >= 0.3 is 0 Å². The zero-order chi connectivity index (χ0) is 22.8. The maximum absolute atomic E-state index is 12.8. The van der Waals surface area contributed by atoms with Crippen molar-refractivity contribution in [2.45, 2.75) is 33.6 Å². The summed E-state index contributed by atoms with van der Waals surface area (Å²) in [4.78, 5) is 41.5. The molecule has 0 radical (unpaired) electrons. The van der Waals surface area contributed by atoms with Gasteiger partial charge in [0.1, 0.15) is 6.54 Å². The highest BCUT2D eigenvalue weighted by molar-refractivity contribution is 8.18. The molecule has 1 N–H and O–H groups in total. The first-order valence-corrected chi connectivity index (χ1v) is 11.6. The fourth-order valence-electron chi connectivity index (χ4n) is 3.98. The molecule has 0 atom stereocenters. The summed E-state index contributed by atoms with van der Waals surface area (Å²) in [7, 11) is 0. The number of rotatable bonds is 5. The third-order valence-electron chi connectivity index (χ3n) is 5.85. The van der Waals surface area contributed by atoms with Gasteiger partial charge in [-0.15, -0.1) is 0 Å². The summed E-state index contributed by atoms with van der Waals surface area (Å²) in [5.41, 5.74) is 5.77. The Morgan fingerprint density at radius 3 is 2.50 bits per heavy atom. The van der Waals surface area contributed by atoms with Crippen LogP contribution in [0, 0.1) is 20.8 Å². The van der Waals surface area contributed by atoms with Crippen molar-refractivity contribution in [1.29, 1.82) is 0 Å². The minimum atomic E-state index is -0.431. The topological polar surface area (TPSA) is 69.7 Å². The minimum Gasteiger partial charge on any atom is -0.372 e. The summed E-state index contributed by atoms with van der Waals surface area (Å²) in [5.74, 6) is -0.826. The summed E-state index contributed by atoms with van der Waals surface area (Å²) >= 11 is 0.877. The summed E-state index contributed by atoms with van der Waals surface area (Å²) in [6.45, 7) is 7.68. The number of benzene rings is 2. The molecule has 32 heavy (non-hydrogen) atoms. The molecule has 3 amide bonds. The lowest BCUT2D eigenvalue weighted by Crippen LogP contribution is -2.36. The zero-order valence-electron chi connectivity index (χ0n) is 18.6. The van der Waals surface area contributed by atoms with Gasteiger partial charge in [0.2, 0.25) is 5.91 Å². The molecule has 0 spiro atoms. The summed E-state index contributed by atoms with van der Waals surface area (Å²) in [5, 5.41) is 2.38. The molecule has 2 aromatic carbocycles. The normalized spacial score (nSPS) is 17.5. The summed E-state index contributed by atoms with van der Waals surface area (Å²) < 4.78 is 0. The number of imide groups is 1. The predicted octanol–water partition coefficient (Wildman–Crippen LogP) is 4.89. The smallest absolute Gasteiger partial charge is 0.294 e. The van der Waals surface area contributed by atoms with Gasteiger partial charge in [-0.2, -0.15) is 0 Å². The van der Waals surface area contributed by atoms with E-state index >= 15 is 0 Å². The lowest BCUT2D eigenvalue weighted by Gasteiger charge is -2.18. The number of carbonyl (C=O) groups excluding carboxylic acids is 3. The fraction of sp³-hybridized carbons (Fsp3) is 0.320. The van der Waals surface area contributed by atoms with Crippen LogP contribution in [0.1, 0.15) is 35.1 Å². The first-order valence-electron chi connectivity index (χ1n) is 10.8. The Morgan fingerprint density at radius 2 is 1.78 bits per heavy atom. The van der Waals surface area contributed by atoms with E-state index in [9.17, 15) is 14.4 Å². The van der Waals surface area contributed by atoms with E-state index < -0.39 is 17.1 Å². The van der Waals surface area contributed by atoms with Gasteiger partial charge in [0.15, 0.2) is 0 Å². The second-order valence-corrected chi connectivity index (χ2v) is 9.36. The molecule has 0 unspecified atom stereocenters. The lowest BCUT2D eigenvalue weighted by molar-refractivity contribution is -0.127. The molecule has 2 heterocycles. The average molecular weight is 450 g/mol. The number of carbonyl (C=O) groups is 3. The molecule has 2 aromatic rings. The number of aryl methyl sites for hydroxylation is 3. The van der Waals surface area contributed by atoms with Crippen LogP contribution in [0.3, 0.4) is 0 Å². The first-order chi connectivity index (χ1) is 15.3. The maximum Gasteiger partial charge on any atom is 0.294 e. The molecule has 7 heteroatoms. The van der Waals surface area contributed by atoms with Crippen molar-refractivity contribution in [3.63, 3.8) is 0 Å². The molecular weight excluding hydrogens is 422 g/mol. The zero-order valence-corrected chi connectivity index (χ0v) is 19.4. The van der Waals surface area contributed by atoms with Gasteiger partial charge < -0.3 is 10.2 Å². The Balaban J connectivity index is 1.46. The van der Waals surface area contributed by atoms with Crippen LogP contribution in [-0.4, -0.2) is 41.6 Å². The standard InChI is InChI=1S/C25H27N3O3S/c1-16-6-7-17(2)21(12-16)26-23(29)15-28-24(30)22(32-25(28)31)14-19-8-9-20(13-18(19)3)27-10-4-5-11-27/h6-9,12-14H,4-5,10-11,15H2,1-3H3,(H,26,29)/b22-14+. The van der Waals surface area contributed by atoms with Crippen LogP contribution in [0.15, 0.2) is 41.3 Å². The number of nitrogens with zero attached hydrogens (tertiary/aromatic N) is 2. The molecule has 0 bridgehead atoms. The number of thioether (sulfide) groups is 1. The van der Waals surface area contributed by atoms with Crippen molar-refractivity contribution >= 4 is 46.3 Å². The Labute approximate surface area is 192 Å². The number of amides is 3. The Kier molecular flexibility index (Phi) is 6.37. The quantitative estimate of drug-likeness (QED) is 0.659. The number of hydrogen-bond donors (Lipinski definition) is 1. The highest BCUT2D eigenvalue weighted by Gasteiger charge is 2.36. The molecule has 2 fully saturated rings. The average Bonchev–Trinajstić information content (AvgIpc) is 3.37. The Hall–Kier alpha value is -3.06. The lowest BCUT2D eigenvalue weighted by atomic mass is 10.1. The van der Waals surface area contributed by atoms with Crippen LogP contribution in [0.2, 0.25) is 0 Å². The van der Waals surface area contributed by atoms with E-state index in [1.165, 1.54) is 18.5 Å². The van der Waals surface area contributed by atoms with E-state index in [-0.39, 0.29) is 6.54 Å². The highest BCUT2D eigenvalue weighted by atomic mass is 32.2. The van der Waals surface area contributed by atoms with Crippen molar-refractivity contribution < 1.29 is 14.4 Å². The largest absolute Gasteiger partial charge is 0.372 e. The van der Waals surface area contributed by atoms with Crippen LogP contribution in [0.4, 0.5) is 16.2 Å². The van der Waals surface area contributed by atoms with Crippen LogP contribution >= 0.6 is 11.8 Å². The van der Waals surface area contributed by atoms with Crippen LogP contribution < -0.4 is 10.2 Å². The second kappa shape index (κ2) is 9.20. The number of hydrogen-bond acceptors (Lipinski definition) is 5. The van der Waals surface area contributed by atoms with Gasteiger partial charge in [0.05, 0.1) is 4.91 Å². The van der Waals surface area contributed by atoms with E-state index in [1.54, 1.807) is 6.08 Å². The van der Waals surface area contributed by atoms with Crippen molar-refractivity contribution in [1.82, 2.24) is 4.90 Å². The molecule has 0 saturated carbocycles. The van der Waals surface area contributed by atoms with Crippen molar-refractivity contribution in [3.8, 4) is 0 Å². The van der Waals surface area contributed by atoms with Gasteiger partial charge in [-0.3, -0.25) is 19.3 Å². The molecule has 2 saturated heterocycles. The predicted molar refractivity (Wildman–Crippen MR) is 130 cm³/mol. The third kappa shape index (κ3) is 4.72. The molecular formula is C25H27N3O3S. The summed E-state index contributed by atoms with van der Waals surface area (Å²) in [6, 6.07) is 11.9. The third-order valence-corrected chi connectivity index (χ3v) is 6.76. The number of nitrogens with one attached hydrogen (secondary N) is 1. The van der Waals surface area contributed by atoms with Crippen LogP contribution in [-0.2, 0) is 9.59 Å². The van der Waals surface area contributed by atoms with E-state index in [2.05, 4.69) is 22.3 Å². The first kappa shape index (κ1) is 22.1. The van der Waals surface area contributed by atoms with E-state index in [0.29, 0.717) is 10.6 Å². The molecule has 2 aliphatic rings. The Morgan fingerprint density at radius 1 is 1.03 bits per heavy atom. The van der Waals surface area contributed by atoms with Crippen LogP contribution in [0.25, 0.3) is 6.08 Å². The van der Waals surface area contributed by atoms with Crippen molar-refractivity contribution in [2.75, 3.05) is 29.9 Å². The molecule has 0 aliphatic carbocycles. The van der Waals surface area contributed by atoms with E-state index in [1.807, 2.05) is 45.0 Å². The van der Waals surface area contributed by atoms with Crippen LogP contribution in [0.5, 0.6) is 0 Å². The monoisotopic (exact) mass is 449 g/mol. The molecule has 6 nitrogen and oxygen atoms in total. The van der Waals surface area contributed by atoms with Gasteiger partial charge in [-0.25, -0.2) is 0 Å².